The summed E-state index contributed by atoms with van der Waals surface area (Å²) in [4.78, 5) is 0. The number of aryl methyl sites for hydroxylation is 1. The van der Waals surface area contributed by atoms with E-state index in [2.05, 4.69) is 0 Å². The summed E-state index contributed by atoms with van der Waals surface area (Å²) in [6.45, 7) is 2.01. The van der Waals surface area contributed by atoms with Gasteiger partial charge < -0.3 is 9.84 Å². The van der Waals surface area contributed by atoms with Crippen LogP contribution in [-0.2, 0) is 6.61 Å². The van der Waals surface area contributed by atoms with Gasteiger partial charge in [-0.15, -0.1) is 0 Å². The Morgan fingerprint density at radius 2 is 1.82 bits per heavy atom. The summed E-state index contributed by atoms with van der Waals surface area (Å²) in [7, 11) is 0. The summed E-state index contributed by atoms with van der Waals surface area (Å²) in [6, 6.07) is 12.9. The van der Waals surface area contributed by atoms with Crippen molar-refractivity contribution in [1.82, 2.24) is 0 Å². The number of benzene rings is 2. The van der Waals surface area contributed by atoms with Crippen molar-refractivity contribution in [2.75, 3.05) is 0 Å². The van der Waals surface area contributed by atoms with E-state index in [1.165, 1.54) is 0 Å². The van der Waals surface area contributed by atoms with Crippen molar-refractivity contribution in [2.45, 2.75) is 13.5 Å². The number of hydrogen-bond acceptors (Lipinski definition) is 2. The van der Waals surface area contributed by atoms with Crippen LogP contribution >= 0.6 is 11.6 Å². The van der Waals surface area contributed by atoms with Crippen molar-refractivity contribution in [2.24, 2.45) is 0 Å². The number of ether oxygens (including phenoxy) is 1. The van der Waals surface area contributed by atoms with Gasteiger partial charge in [-0.2, -0.15) is 0 Å². The van der Waals surface area contributed by atoms with Crippen molar-refractivity contribution in [3.63, 3.8) is 0 Å². The van der Waals surface area contributed by atoms with Crippen molar-refractivity contribution in [1.29, 1.82) is 0 Å². The smallest absolute Gasteiger partial charge is 0.146 e. The van der Waals surface area contributed by atoms with Crippen LogP contribution in [0.5, 0.6) is 11.5 Å². The Balaban J connectivity index is 2.19. The topological polar surface area (TPSA) is 29.5 Å². The fraction of sp³-hybridized carbons (Fsp3) is 0.143. The molecule has 0 aromatic heterocycles. The molecule has 0 bridgehead atoms. The molecular formula is C14H13ClO2. The van der Waals surface area contributed by atoms with Crippen LogP contribution in [0.2, 0.25) is 5.02 Å². The van der Waals surface area contributed by atoms with Crippen LogP contribution in [0.4, 0.5) is 0 Å². The normalized spacial score (nSPS) is 10.3. The number of aliphatic hydroxyl groups is 1. The Kier molecular flexibility index (Phi) is 3.67. The van der Waals surface area contributed by atoms with Gasteiger partial charge in [0.2, 0.25) is 0 Å². The number of aliphatic hydroxyl groups excluding tert-OH is 1. The van der Waals surface area contributed by atoms with Crippen LogP contribution < -0.4 is 4.74 Å². The van der Waals surface area contributed by atoms with Gasteiger partial charge in [0, 0.05) is 0 Å². The van der Waals surface area contributed by atoms with Crippen LogP contribution in [-0.4, -0.2) is 5.11 Å². The molecule has 2 nitrogen and oxygen atoms in total. The molecule has 0 aliphatic carbocycles. The first kappa shape index (κ1) is 12.0. The summed E-state index contributed by atoms with van der Waals surface area (Å²) in [5, 5.41) is 9.52. The van der Waals surface area contributed by atoms with E-state index in [1.807, 2.05) is 49.4 Å². The molecular weight excluding hydrogens is 236 g/mol. The molecule has 0 unspecified atom stereocenters. The van der Waals surface area contributed by atoms with Gasteiger partial charge in [0.05, 0.1) is 11.6 Å². The SMILES string of the molecule is Cc1ccc(Oc2ccc(CO)cc2)c(Cl)c1. The van der Waals surface area contributed by atoms with Crippen LogP contribution in [0.15, 0.2) is 42.5 Å². The quantitative estimate of drug-likeness (QED) is 0.892. The zero-order valence-electron chi connectivity index (χ0n) is 9.48. The minimum absolute atomic E-state index is 0.0333. The van der Waals surface area contributed by atoms with Crippen molar-refractivity contribution in [3.8, 4) is 11.5 Å². The molecule has 0 amide bonds. The van der Waals surface area contributed by atoms with Gasteiger partial charge in [0.25, 0.3) is 0 Å². The highest BCUT2D eigenvalue weighted by Crippen LogP contribution is 2.29. The van der Waals surface area contributed by atoms with Gasteiger partial charge >= 0.3 is 0 Å². The zero-order valence-corrected chi connectivity index (χ0v) is 10.2. The number of halogens is 1. The highest BCUT2D eigenvalue weighted by molar-refractivity contribution is 6.32. The van der Waals surface area contributed by atoms with E-state index in [9.17, 15) is 0 Å². The molecule has 2 rings (SSSR count). The Bertz CT molecular complexity index is 506. The molecule has 0 atom stereocenters. The average Bonchev–Trinajstić information content (AvgIpc) is 2.34. The van der Waals surface area contributed by atoms with Crippen LogP contribution in [0.3, 0.4) is 0 Å². The lowest BCUT2D eigenvalue weighted by molar-refractivity contribution is 0.281. The maximum atomic E-state index is 8.93. The average molecular weight is 249 g/mol. The lowest BCUT2D eigenvalue weighted by atomic mass is 10.2. The largest absolute Gasteiger partial charge is 0.456 e. The van der Waals surface area contributed by atoms with Crippen LogP contribution in [0.25, 0.3) is 0 Å². The fourth-order valence-electron chi connectivity index (χ4n) is 1.48. The fourth-order valence-corrected chi connectivity index (χ4v) is 1.75. The Morgan fingerprint density at radius 3 is 2.41 bits per heavy atom. The summed E-state index contributed by atoms with van der Waals surface area (Å²) in [5.41, 5.74) is 1.95. The summed E-state index contributed by atoms with van der Waals surface area (Å²) >= 11 is 6.07. The monoisotopic (exact) mass is 248 g/mol. The Morgan fingerprint density at radius 1 is 1.12 bits per heavy atom. The second-order valence-corrected chi connectivity index (χ2v) is 4.25. The first-order chi connectivity index (χ1) is 8.19. The molecule has 17 heavy (non-hydrogen) atoms. The van der Waals surface area contributed by atoms with Crippen molar-refractivity contribution >= 4 is 11.6 Å². The standard InChI is InChI=1S/C14H13ClO2/c1-10-2-7-14(13(15)8-10)17-12-5-3-11(9-16)4-6-12/h2-8,16H,9H2,1H3. The minimum atomic E-state index is 0.0333. The van der Waals surface area contributed by atoms with Crippen molar-refractivity contribution in [3.05, 3.63) is 58.6 Å². The van der Waals surface area contributed by atoms with E-state index in [0.29, 0.717) is 16.5 Å². The number of hydrogen-bond donors (Lipinski definition) is 1. The zero-order chi connectivity index (χ0) is 12.3. The number of rotatable bonds is 3. The van der Waals surface area contributed by atoms with E-state index in [1.54, 1.807) is 0 Å². The lowest BCUT2D eigenvalue weighted by Crippen LogP contribution is -1.87. The second-order valence-electron chi connectivity index (χ2n) is 3.84. The molecule has 0 spiro atoms. The van der Waals surface area contributed by atoms with Crippen molar-refractivity contribution < 1.29 is 9.84 Å². The van der Waals surface area contributed by atoms with Crippen LogP contribution in [0.1, 0.15) is 11.1 Å². The molecule has 1 N–H and O–H groups in total. The van der Waals surface area contributed by atoms with Gasteiger partial charge in [0.15, 0.2) is 0 Å². The third-order valence-corrected chi connectivity index (χ3v) is 2.72. The molecule has 0 radical (unpaired) electrons. The van der Waals surface area contributed by atoms with E-state index in [4.69, 9.17) is 21.4 Å². The molecule has 0 aliphatic heterocycles. The molecule has 0 fully saturated rings. The van der Waals surface area contributed by atoms with E-state index < -0.39 is 0 Å². The molecule has 3 heteroatoms. The molecule has 2 aromatic rings. The van der Waals surface area contributed by atoms with E-state index >= 15 is 0 Å². The van der Waals surface area contributed by atoms with Gasteiger partial charge in [-0.25, -0.2) is 0 Å². The third-order valence-electron chi connectivity index (χ3n) is 2.42. The highest BCUT2D eigenvalue weighted by atomic mass is 35.5. The minimum Gasteiger partial charge on any atom is -0.456 e. The molecule has 88 valence electrons. The molecule has 0 saturated heterocycles. The lowest BCUT2D eigenvalue weighted by Gasteiger charge is -2.08. The summed E-state index contributed by atoms with van der Waals surface area (Å²) < 4.78 is 5.65. The van der Waals surface area contributed by atoms with E-state index in [0.717, 1.165) is 11.1 Å². The Hall–Kier alpha value is -1.51. The summed E-state index contributed by atoms with van der Waals surface area (Å²) in [5.74, 6) is 1.34. The van der Waals surface area contributed by atoms with Gasteiger partial charge in [0.1, 0.15) is 11.5 Å². The highest BCUT2D eigenvalue weighted by Gasteiger charge is 2.03. The van der Waals surface area contributed by atoms with Gasteiger partial charge in [-0.05, 0) is 42.3 Å². The second kappa shape index (κ2) is 5.21. The third kappa shape index (κ3) is 2.99. The van der Waals surface area contributed by atoms with Crippen LogP contribution in [0, 0.1) is 6.92 Å². The summed E-state index contributed by atoms with van der Waals surface area (Å²) in [6.07, 6.45) is 0. The molecule has 0 heterocycles. The molecule has 0 saturated carbocycles. The molecule has 0 aliphatic rings. The van der Waals surface area contributed by atoms with Gasteiger partial charge in [-0.1, -0.05) is 29.8 Å². The predicted octanol–water partition coefficient (Wildman–Crippen LogP) is 3.93. The maximum absolute atomic E-state index is 8.93. The first-order valence-corrected chi connectivity index (χ1v) is 5.70. The maximum Gasteiger partial charge on any atom is 0.146 e. The van der Waals surface area contributed by atoms with E-state index in [-0.39, 0.29) is 6.61 Å². The predicted molar refractivity (Wildman–Crippen MR) is 68.6 cm³/mol. The van der Waals surface area contributed by atoms with Gasteiger partial charge in [-0.3, -0.25) is 0 Å². The first-order valence-electron chi connectivity index (χ1n) is 5.33. The Labute approximate surface area is 105 Å². The molecule has 2 aromatic carbocycles.